The number of hydrogen-bond acceptors (Lipinski definition) is 4. The van der Waals surface area contributed by atoms with Crippen LogP contribution >= 0.6 is 0 Å². The zero-order valence-electron chi connectivity index (χ0n) is 19.2. The van der Waals surface area contributed by atoms with Crippen LogP contribution in [0, 0.1) is 0 Å². The summed E-state index contributed by atoms with van der Waals surface area (Å²) in [6.45, 7) is 8.73. The van der Waals surface area contributed by atoms with Crippen LogP contribution in [-0.4, -0.2) is 62.8 Å². The molecule has 0 spiro atoms. The van der Waals surface area contributed by atoms with Crippen LogP contribution in [0.3, 0.4) is 0 Å². The number of nitrogens with zero attached hydrogens (tertiary/aromatic N) is 2. The highest BCUT2D eigenvalue weighted by atomic mass is 16.5. The SMILES string of the molecule is CCN(CC)CCCNC(=O)N1CCc2cc(OC)c(OC)cc2C1c1ccccc1. The monoisotopic (exact) mass is 425 g/mol. The molecule has 0 aromatic heterocycles. The fourth-order valence-electron chi connectivity index (χ4n) is 4.30. The molecule has 3 rings (SSSR count). The summed E-state index contributed by atoms with van der Waals surface area (Å²) in [5.74, 6) is 1.41. The molecule has 2 aromatic rings. The summed E-state index contributed by atoms with van der Waals surface area (Å²) in [6, 6.07) is 14.1. The molecule has 0 saturated heterocycles. The van der Waals surface area contributed by atoms with E-state index >= 15 is 0 Å². The topological polar surface area (TPSA) is 54.0 Å². The molecule has 0 bridgehead atoms. The van der Waals surface area contributed by atoms with Gasteiger partial charge in [-0.3, -0.25) is 0 Å². The van der Waals surface area contributed by atoms with Crippen molar-refractivity contribution in [3.8, 4) is 11.5 Å². The Morgan fingerprint density at radius 2 is 1.77 bits per heavy atom. The molecule has 0 radical (unpaired) electrons. The van der Waals surface area contributed by atoms with Crippen LogP contribution < -0.4 is 14.8 Å². The van der Waals surface area contributed by atoms with Crippen molar-refractivity contribution in [2.45, 2.75) is 32.7 Å². The molecule has 0 saturated carbocycles. The number of hydrogen-bond donors (Lipinski definition) is 1. The molecule has 6 nitrogen and oxygen atoms in total. The van der Waals surface area contributed by atoms with E-state index in [1.165, 1.54) is 5.56 Å². The molecule has 1 unspecified atom stereocenters. The maximum atomic E-state index is 13.2. The standard InChI is InChI=1S/C25H35N3O3/c1-5-27(6-2)15-10-14-26-25(29)28-16-13-20-17-22(30-3)23(31-4)18-21(20)24(28)19-11-8-7-9-12-19/h7-9,11-12,17-18,24H,5-6,10,13-16H2,1-4H3,(H,26,29). The second kappa shape index (κ2) is 11.0. The lowest BCUT2D eigenvalue weighted by atomic mass is 9.88. The van der Waals surface area contributed by atoms with E-state index in [2.05, 4.69) is 36.2 Å². The normalized spacial score (nSPS) is 15.5. The maximum Gasteiger partial charge on any atom is 0.318 e. The molecule has 6 heteroatoms. The van der Waals surface area contributed by atoms with Gasteiger partial charge in [-0.2, -0.15) is 0 Å². The number of methoxy groups -OCH3 is 2. The zero-order valence-corrected chi connectivity index (χ0v) is 19.2. The van der Waals surface area contributed by atoms with E-state index in [4.69, 9.17) is 9.47 Å². The smallest absolute Gasteiger partial charge is 0.318 e. The molecule has 1 atom stereocenters. The van der Waals surface area contributed by atoms with E-state index in [0.717, 1.165) is 49.4 Å². The Kier molecular flexibility index (Phi) is 8.18. The van der Waals surface area contributed by atoms with E-state index in [-0.39, 0.29) is 12.1 Å². The third kappa shape index (κ3) is 5.31. The quantitative estimate of drug-likeness (QED) is 0.615. The lowest BCUT2D eigenvalue weighted by Gasteiger charge is -2.38. The Balaban J connectivity index is 1.83. The van der Waals surface area contributed by atoms with Crippen LogP contribution in [0.15, 0.2) is 42.5 Å². The lowest BCUT2D eigenvalue weighted by molar-refractivity contribution is 0.179. The Morgan fingerprint density at radius 3 is 2.42 bits per heavy atom. The molecule has 0 aliphatic carbocycles. The summed E-state index contributed by atoms with van der Waals surface area (Å²) >= 11 is 0. The molecule has 1 aliphatic rings. The second-order valence-corrected chi connectivity index (χ2v) is 7.77. The van der Waals surface area contributed by atoms with Gasteiger partial charge in [-0.15, -0.1) is 0 Å². The molecule has 0 fully saturated rings. The molecule has 1 N–H and O–H groups in total. The highest BCUT2D eigenvalue weighted by Crippen LogP contribution is 2.40. The molecular formula is C25H35N3O3. The molecule has 2 amide bonds. The number of fused-ring (bicyclic) bond motifs is 1. The average Bonchev–Trinajstić information content (AvgIpc) is 2.82. The number of nitrogens with one attached hydrogen (secondary N) is 1. The number of benzene rings is 2. The summed E-state index contributed by atoms with van der Waals surface area (Å²) in [6.07, 6.45) is 1.73. The Morgan fingerprint density at radius 1 is 1.10 bits per heavy atom. The fourth-order valence-corrected chi connectivity index (χ4v) is 4.30. The first-order valence-electron chi connectivity index (χ1n) is 11.2. The number of urea groups is 1. The van der Waals surface area contributed by atoms with Gasteiger partial charge in [-0.1, -0.05) is 44.2 Å². The molecule has 2 aromatic carbocycles. The summed E-state index contributed by atoms with van der Waals surface area (Å²) < 4.78 is 11.1. The van der Waals surface area contributed by atoms with Crippen LogP contribution in [0.5, 0.6) is 11.5 Å². The van der Waals surface area contributed by atoms with Gasteiger partial charge in [0.15, 0.2) is 11.5 Å². The molecule has 31 heavy (non-hydrogen) atoms. The highest BCUT2D eigenvalue weighted by Gasteiger charge is 2.33. The van der Waals surface area contributed by atoms with Gasteiger partial charge in [0.05, 0.1) is 20.3 Å². The average molecular weight is 426 g/mol. The van der Waals surface area contributed by atoms with Gasteiger partial charge >= 0.3 is 6.03 Å². The third-order valence-corrected chi connectivity index (χ3v) is 6.07. The molecule has 1 heterocycles. The lowest BCUT2D eigenvalue weighted by Crippen LogP contribution is -2.46. The first-order valence-corrected chi connectivity index (χ1v) is 11.2. The van der Waals surface area contributed by atoms with Crippen LogP contribution in [0.4, 0.5) is 4.79 Å². The highest BCUT2D eigenvalue weighted by molar-refractivity contribution is 5.76. The predicted molar refractivity (Wildman–Crippen MR) is 124 cm³/mol. The van der Waals surface area contributed by atoms with Gasteiger partial charge in [-0.05, 0) is 61.3 Å². The van der Waals surface area contributed by atoms with Gasteiger partial charge in [0, 0.05) is 13.1 Å². The van der Waals surface area contributed by atoms with Crippen LogP contribution in [0.2, 0.25) is 0 Å². The van der Waals surface area contributed by atoms with Gasteiger partial charge in [-0.25, -0.2) is 4.79 Å². The second-order valence-electron chi connectivity index (χ2n) is 7.77. The first kappa shape index (κ1) is 22.9. The van der Waals surface area contributed by atoms with Crippen molar-refractivity contribution >= 4 is 6.03 Å². The third-order valence-electron chi connectivity index (χ3n) is 6.07. The van der Waals surface area contributed by atoms with Gasteiger partial charge in [0.1, 0.15) is 0 Å². The van der Waals surface area contributed by atoms with Crippen molar-refractivity contribution in [2.24, 2.45) is 0 Å². The van der Waals surface area contributed by atoms with Crippen molar-refractivity contribution in [1.29, 1.82) is 0 Å². The molecular weight excluding hydrogens is 390 g/mol. The number of carbonyl (C=O) groups is 1. The van der Waals surface area contributed by atoms with Crippen molar-refractivity contribution in [2.75, 3.05) is 46.9 Å². The summed E-state index contributed by atoms with van der Waals surface area (Å²) in [5, 5.41) is 3.14. The zero-order chi connectivity index (χ0) is 22.2. The van der Waals surface area contributed by atoms with Crippen molar-refractivity contribution in [3.05, 3.63) is 59.2 Å². The van der Waals surface area contributed by atoms with Crippen molar-refractivity contribution in [3.63, 3.8) is 0 Å². The minimum atomic E-state index is -0.160. The van der Waals surface area contributed by atoms with E-state index in [0.29, 0.717) is 18.8 Å². The first-order chi connectivity index (χ1) is 15.1. The van der Waals surface area contributed by atoms with Crippen LogP contribution in [0.25, 0.3) is 0 Å². The van der Waals surface area contributed by atoms with Gasteiger partial charge in [0.25, 0.3) is 0 Å². The van der Waals surface area contributed by atoms with Crippen LogP contribution in [-0.2, 0) is 6.42 Å². The predicted octanol–water partition coefficient (Wildman–Crippen LogP) is 4.09. The van der Waals surface area contributed by atoms with E-state index in [1.807, 2.05) is 35.2 Å². The fraction of sp³-hybridized carbons (Fsp3) is 0.480. The largest absolute Gasteiger partial charge is 0.493 e. The Bertz CT molecular complexity index is 853. The van der Waals surface area contributed by atoms with Crippen molar-refractivity contribution < 1.29 is 14.3 Å². The summed E-state index contributed by atoms with van der Waals surface area (Å²) in [7, 11) is 3.30. The van der Waals surface area contributed by atoms with Gasteiger partial charge < -0.3 is 24.6 Å². The molecule has 1 aliphatic heterocycles. The van der Waals surface area contributed by atoms with Crippen LogP contribution in [0.1, 0.15) is 43.0 Å². The van der Waals surface area contributed by atoms with Gasteiger partial charge in [0.2, 0.25) is 0 Å². The van der Waals surface area contributed by atoms with E-state index < -0.39 is 0 Å². The Hall–Kier alpha value is -2.73. The number of rotatable bonds is 9. The number of amides is 2. The summed E-state index contributed by atoms with van der Waals surface area (Å²) in [5.41, 5.74) is 3.37. The number of carbonyl (C=O) groups excluding carboxylic acids is 1. The minimum Gasteiger partial charge on any atom is -0.493 e. The maximum absolute atomic E-state index is 13.2. The minimum absolute atomic E-state index is 0.0196. The van der Waals surface area contributed by atoms with Crippen molar-refractivity contribution in [1.82, 2.24) is 15.1 Å². The van der Waals surface area contributed by atoms with E-state index in [1.54, 1.807) is 14.2 Å². The van der Waals surface area contributed by atoms with E-state index in [9.17, 15) is 4.79 Å². The Labute approximate surface area is 186 Å². The number of ether oxygens (including phenoxy) is 2. The molecule has 168 valence electrons. The summed E-state index contributed by atoms with van der Waals surface area (Å²) in [4.78, 5) is 17.5.